The Bertz CT molecular complexity index is 518. The van der Waals surface area contributed by atoms with E-state index < -0.39 is 0 Å². The van der Waals surface area contributed by atoms with E-state index in [1.165, 1.54) is 4.21 Å². The number of carbonyl (C=O) groups excluding carboxylic acids is 1. The number of thiophene rings is 1. The zero-order chi connectivity index (χ0) is 12.3. The Balaban J connectivity index is 2.42. The van der Waals surface area contributed by atoms with Crippen LogP contribution in [-0.2, 0) is 0 Å². The molecule has 0 atom stereocenters. The van der Waals surface area contributed by atoms with E-state index in [2.05, 4.69) is 0 Å². The Morgan fingerprint density at radius 3 is 2.71 bits per heavy atom. The minimum atomic E-state index is 0.0292. The summed E-state index contributed by atoms with van der Waals surface area (Å²) in [6.07, 6.45) is 0. The van der Waals surface area contributed by atoms with Crippen LogP contribution < -0.4 is 4.74 Å². The Hall–Kier alpha value is -1.26. The molecule has 0 saturated carbocycles. The fourth-order valence-electron chi connectivity index (χ4n) is 1.54. The van der Waals surface area contributed by atoms with Gasteiger partial charge in [-0.25, -0.2) is 0 Å². The molecule has 0 aliphatic heterocycles. The van der Waals surface area contributed by atoms with Gasteiger partial charge in [0.1, 0.15) is 5.75 Å². The van der Waals surface area contributed by atoms with Gasteiger partial charge in [0.05, 0.1) is 16.9 Å². The maximum atomic E-state index is 11.7. The SMILES string of the molecule is COc1cccc(Sc2cccs2)c1C(C)=O. The molecule has 2 rings (SSSR count). The van der Waals surface area contributed by atoms with E-state index in [4.69, 9.17) is 4.74 Å². The van der Waals surface area contributed by atoms with Crippen LogP contribution in [0.5, 0.6) is 5.75 Å². The van der Waals surface area contributed by atoms with E-state index in [1.807, 2.05) is 35.7 Å². The number of hydrogen-bond acceptors (Lipinski definition) is 4. The van der Waals surface area contributed by atoms with Gasteiger partial charge in [-0.1, -0.05) is 23.9 Å². The highest BCUT2D eigenvalue weighted by molar-refractivity contribution is 8.01. The zero-order valence-corrected chi connectivity index (χ0v) is 11.2. The molecular formula is C13H12O2S2. The van der Waals surface area contributed by atoms with Crippen LogP contribution in [0.1, 0.15) is 17.3 Å². The third-order valence-electron chi connectivity index (χ3n) is 2.27. The van der Waals surface area contributed by atoms with Gasteiger partial charge in [-0.3, -0.25) is 4.79 Å². The first-order chi connectivity index (χ1) is 8.22. The number of benzene rings is 1. The van der Waals surface area contributed by atoms with Crippen molar-refractivity contribution in [3.05, 3.63) is 41.3 Å². The molecule has 0 saturated heterocycles. The molecule has 0 bridgehead atoms. The molecule has 88 valence electrons. The summed E-state index contributed by atoms with van der Waals surface area (Å²) in [4.78, 5) is 12.6. The molecule has 0 unspecified atom stereocenters. The van der Waals surface area contributed by atoms with Crippen molar-refractivity contribution in [2.45, 2.75) is 16.0 Å². The van der Waals surface area contributed by atoms with Crippen LogP contribution in [0.3, 0.4) is 0 Å². The third-order valence-corrected chi connectivity index (χ3v) is 4.36. The Labute approximate surface area is 109 Å². The van der Waals surface area contributed by atoms with E-state index >= 15 is 0 Å². The van der Waals surface area contributed by atoms with Gasteiger partial charge in [-0.15, -0.1) is 11.3 Å². The molecule has 0 amide bonds. The van der Waals surface area contributed by atoms with Gasteiger partial charge >= 0.3 is 0 Å². The van der Waals surface area contributed by atoms with Crippen molar-refractivity contribution in [1.82, 2.24) is 0 Å². The molecule has 1 aromatic heterocycles. The largest absolute Gasteiger partial charge is 0.496 e. The summed E-state index contributed by atoms with van der Waals surface area (Å²) in [6.45, 7) is 1.57. The maximum Gasteiger partial charge on any atom is 0.164 e. The molecule has 1 aromatic carbocycles. The average Bonchev–Trinajstić information content (AvgIpc) is 2.81. The molecular weight excluding hydrogens is 252 g/mol. The van der Waals surface area contributed by atoms with Gasteiger partial charge in [0, 0.05) is 4.90 Å². The van der Waals surface area contributed by atoms with E-state index in [0.717, 1.165) is 4.90 Å². The van der Waals surface area contributed by atoms with Crippen molar-refractivity contribution in [2.24, 2.45) is 0 Å². The smallest absolute Gasteiger partial charge is 0.164 e. The molecule has 4 heteroatoms. The van der Waals surface area contributed by atoms with E-state index in [9.17, 15) is 4.79 Å². The molecule has 0 fully saturated rings. The summed E-state index contributed by atoms with van der Waals surface area (Å²) in [5.74, 6) is 0.667. The number of ketones is 1. The van der Waals surface area contributed by atoms with Crippen LogP contribution in [0.4, 0.5) is 0 Å². The first-order valence-corrected chi connectivity index (χ1v) is 6.81. The number of carbonyl (C=O) groups is 1. The fraction of sp³-hybridized carbons (Fsp3) is 0.154. The van der Waals surface area contributed by atoms with Crippen molar-refractivity contribution in [2.75, 3.05) is 7.11 Å². The lowest BCUT2D eigenvalue weighted by molar-refractivity contribution is 0.101. The van der Waals surface area contributed by atoms with Crippen LogP contribution in [0, 0.1) is 0 Å². The minimum Gasteiger partial charge on any atom is -0.496 e. The molecule has 0 aliphatic rings. The highest BCUT2D eigenvalue weighted by atomic mass is 32.2. The summed E-state index contributed by atoms with van der Waals surface area (Å²) in [5, 5.41) is 2.02. The lowest BCUT2D eigenvalue weighted by atomic mass is 10.1. The number of methoxy groups -OCH3 is 1. The van der Waals surface area contributed by atoms with Crippen molar-refractivity contribution in [3.8, 4) is 5.75 Å². The second kappa shape index (κ2) is 5.38. The molecule has 2 nitrogen and oxygen atoms in total. The zero-order valence-electron chi connectivity index (χ0n) is 9.60. The molecule has 0 N–H and O–H groups in total. The predicted octanol–water partition coefficient (Wildman–Crippen LogP) is 4.11. The topological polar surface area (TPSA) is 26.3 Å². The van der Waals surface area contributed by atoms with Crippen molar-refractivity contribution in [1.29, 1.82) is 0 Å². The second-order valence-electron chi connectivity index (χ2n) is 3.42. The first kappa shape index (κ1) is 12.2. The van der Waals surface area contributed by atoms with Gasteiger partial charge < -0.3 is 4.74 Å². The van der Waals surface area contributed by atoms with Crippen LogP contribution in [0.15, 0.2) is 44.8 Å². The monoisotopic (exact) mass is 264 g/mol. The molecule has 17 heavy (non-hydrogen) atoms. The molecule has 2 aromatic rings. The van der Waals surface area contributed by atoms with Crippen molar-refractivity contribution in [3.63, 3.8) is 0 Å². The van der Waals surface area contributed by atoms with Gasteiger partial charge in [0.2, 0.25) is 0 Å². The Morgan fingerprint density at radius 2 is 2.12 bits per heavy atom. The normalized spacial score (nSPS) is 10.2. The average molecular weight is 264 g/mol. The van der Waals surface area contributed by atoms with Crippen molar-refractivity contribution >= 4 is 28.9 Å². The van der Waals surface area contributed by atoms with Gasteiger partial charge in [0.15, 0.2) is 5.78 Å². The summed E-state index contributed by atoms with van der Waals surface area (Å²) in [5.41, 5.74) is 0.661. The van der Waals surface area contributed by atoms with Crippen LogP contribution in [0.2, 0.25) is 0 Å². The van der Waals surface area contributed by atoms with Crippen LogP contribution in [-0.4, -0.2) is 12.9 Å². The van der Waals surface area contributed by atoms with E-state index in [0.29, 0.717) is 11.3 Å². The first-order valence-electron chi connectivity index (χ1n) is 5.11. The second-order valence-corrected chi connectivity index (χ2v) is 5.71. The summed E-state index contributed by atoms with van der Waals surface area (Å²) in [7, 11) is 1.58. The van der Waals surface area contributed by atoms with Crippen LogP contribution >= 0.6 is 23.1 Å². The summed E-state index contributed by atoms with van der Waals surface area (Å²) in [6, 6.07) is 9.71. The predicted molar refractivity (Wildman–Crippen MR) is 71.4 cm³/mol. The summed E-state index contributed by atoms with van der Waals surface area (Å²) < 4.78 is 6.40. The quantitative estimate of drug-likeness (QED) is 0.777. The third kappa shape index (κ3) is 2.70. The summed E-state index contributed by atoms with van der Waals surface area (Å²) >= 11 is 3.26. The van der Waals surface area contributed by atoms with Crippen molar-refractivity contribution < 1.29 is 9.53 Å². The molecule has 1 heterocycles. The van der Waals surface area contributed by atoms with Gasteiger partial charge in [-0.05, 0) is 30.5 Å². The highest BCUT2D eigenvalue weighted by Crippen LogP contribution is 2.37. The highest BCUT2D eigenvalue weighted by Gasteiger charge is 2.14. The van der Waals surface area contributed by atoms with Gasteiger partial charge in [0.25, 0.3) is 0 Å². The number of rotatable bonds is 4. The Kier molecular flexibility index (Phi) is 3.86. The molecule has 0 radical (unpaired) electrons. The fourth-order valence-corrected chi connectivity index (χ4v) is 3.48. The lowest BCUT2D eigenvalue weighted by Gasteiger charge is -2.10. The van der Waals surface area contributed by atoms with Crippen LogP contribution in [0.25, 0.3) is 0 Å². The lowest BCUT2D eigenvalue weighted by Crippen LogP contribution is -1.99. The van der Waals surface area contributed by atoms with E-state index in [1.54, 1.807) is 37.1 Å². The maximum absolute atomic E-state index is 11.7. The molecule has 0 aliphatic carbocycles. The number of hydrogen-bond donors (Lipinski definition) is 0. The molecule has 0 spiro atoms. The standard InChI is InChI=1S/C13H12O2S2/c1-9(14)13-10(15-2)5-3-6-11(13)17-12-7-4-8-16-12/h3-8H,1-2H3. The Morgan fingerprint density at radius 1 is 1.29 bits per heavy atom. The van der Waals surface area contributed by atoms with E-state index in [-0.39, 0.29) is 5.78 Å². The minimum absolute atomic E-state index is 0.0292. The number of ether oxygens (including phenoxy) is 1. The number of Topliss-reactive ketones (excluding diaryl/α,β-unsaturated/α-hetero) is 1. The van der Waals surface area contributed by atoms with Gasteiger partial charge in [-0.2, -0.15) is 0 Å².